The zero-order valence-electron chi connectivity index (χ0n) is 15.4. The van der Waals surface area contributed by atoms with Crippen molar-refractivity contribution in [3.05, 3.63) is 29.3 Å². The Labute approximate surface area is 162 Å². The fourth-order valence-corrected chi connectivity index (χ4v) is 4.19. The van der Waals surface area contributed by atoms with Gasteiger partial charge in [-0.15, -0.1) is 11.3 Å². The first-order valence-electron chi connectivity index (χ1n) is 9.22. The number of nitrogens with zero attached hydrogens (tertiary/aromatic N) is 2. The number of ether oxygens (including phenoxy) is 2. The maximum absolute atomic E-state index is 11.5. The minimum atomic E-state index is 0.0833. The normalized spacial score (nSPS) is 17.2. The van der Waals surface area contributed by atoms with Gasteiger partial charge in [0.25, 0.3) is 0 Å². The summed E-state index contributed by atoms with van der Waals surface area (Å²) in [4.78, 5) is 18.4. The van der Waals surface area contributed by atoms with E-state index in [1.54, 1.807) is 18.4 Å². The van der Waals surface area contributed by atoms with Crippen LogP contribution in [0.15, 0.2) is 23.6 Å². The van der Waals surface area contributed by atoms with E-state index < -0.39 is 0 Å². The molecule has 0 saturated carbocycles. The monoisotopic (exact) mass is 388 g/mol. The van der Waals surface area contributed by atoms with Gasteiger partial charge < -0.3 is 20.1 Å². The van der Waals surface area contributed by atoms with Gasteiger partial charge in [0.1, 0.15) is 5.01 Å². The number of piperidine rings is 1. The number of fused-ring (bicyclic) bond motifs is 1. The van der Waals surface area contributed by atoms with Crippen molar-refractivity contribution < 1.29 is 14.3 Å². The van der Waals surface area contributed by atoms with E-state index in [4.69, 9.17) is 14.5 Å². The Morgan fingerprint density at radius 3 is 2.93 bits per heavy atom. The highest BCUT2D eigenvalue weighted by molar-refractivity contribution is 7.13. The molecule has 0 spiro atoms. The van der Waals surface area contributed by atoms with E-state index in [9.17, 15) is 4.79 Å². The van der Waals surface area contributed by atoms with E-state index in [2.05, 4.69) is 20.9 Å². The summed E-state index contributed by atoms with van der Waals surface area (Å²) in [5, 5.41) is 9.38. The lowest BCUT2D eigenvalue weighted by atomic mass is 10.0. The van der Waals surface area contributed by atoms with Gasteiger partial charge >= 0.3 is 0 Å². The number of aromatic nitrogens is 1. The standard InChI is InChI=1S/C19H24N4O3S/c1-20-18(24)10-23-6-4-14(5-7-23)21-9-15-11-27-19(22-15)13-2-3-16-17(8-13)26-12-25-16/h2-3,8,11,14,21H,4-7,9-10,12H2,1H3,(H,20,24). The number of carbonyl (C=O) groups is 1. The van der Waals surface area contributed by atoms with Crippen molar-refractivity contribution in [1.29, 1.82) is 0 Å². The largest absolute Gasteiger partial charge is 0.454 e. The molecule has 27 heavy (non-hydrogen) atoms. The minimum absolute atomic E-state index is 0.0833. The molecule has 8 heteroatoms. The summed E-state index contributed by atoms with van der Waals surface area (Å²) in [6.45, 7) is 3.44. The zero-order valence-corrected chi connectivity index (χ0v) is 16.2. The zero-order chi connectivity index (χ0) is 18.6. The van der Waals surface area contributed by atoms with Crippen LogP contribution in [0.1, 0.15) is 18.5 Å². The third-order valence-electron chi connectivity index (χ3n) is 4.98. The molecule has 0 aliphatic carbocycles. The highest BCUT2D eigenvalue weighted by Gasteiger charge is 2.20. The van der Waals surface area contributed by atoms with Gasteiger partial charge in [0.2, 0.25) is 12.7 Å². The Bertz CT molecular complexity index is 802. The summed E-state index contributed by atoms with van der Waals surface area (Å²) < 4.78 is 10.8. The van der Waals surface area contributed by atoms with Crippen LogP contribution < -0.4 is 20.1 Å². The maximum atomic E-state index is 11.5. The number of nitrogens with one attached hydrogen (secondary N) is 2. The molecule has 2 aliphatic rings. The first-order chi connectivity index (χ1) is 13.2. The first kappa shape index (κ1) is 18.2. The number of thiazole rings is 1. The Morgan fingerprint density at radius 2 is 2.11 bits per heavy atom. The molecular weight excluding hydrogens is 364 g/mol. The number of benzene rings is 1. The molecule has 144 valence electrons. The van der Waals surface area contributed by atoms with Crippen molar-refractivity contribution >= 4 is 17.2 Å². The van der Waals surface area contributed by atoms with E-state index in [1.807, 2.05) is 18.2 Å². The molecule has 7 nitrogen and oxygen atoms in total. The Kier molecular flexibility index (Phi) is 5.56. The van der Waals surface area contributed by atoms with Crippen LogP contribution in [0.2, 0.25) is 0 Å². The number of likely N-dealkylation sites (N-methyl/N-ethyl adjacent to an activating group) is 1. The molecule has 0 unspecified atom stereocenters. The summed E-state index contributed by atoms with van der Waals surface area (Å²) in [7, 11) is 1.68. The van der Waals surface area contributed by atoms with Crippen molar-refractivity contribution in [2.24, 2.45) is 0 Å². The lowest BCUT2D eigenvalue weighted by Gasteiger charge is -2.31. The molecule has 1 aromatic carbocycles. The number of hydrogen-bond donors (Lipinski definition) is 2. The van der Waals surface area contributed by atoms with E-state index >= 15 is 0 Å². The number of amides is 1. The molecule has 0 atom stereocenters. The minimum Gasteiger partial charge on any atom is -0.454 e. The SMILES string of the molecule is CNC(=O)CN1CCC(NCc2csc(-c3ccc4c(c3)OCO4)n2)CC1. The Balaban J connectivity index is 1.27. The molecule has 0 radical (unpaired) electrons. The van der Waals surface area contributed by atoms with Gasteiger partial charge in [0.05, 0.1) is 12.2 Å². The second-order valence-corrected chi connectivity index (χ2v) is 7.67. The topological polar surface area (TPSA) is 75.7 Å². The van der Waals surface area contributed by atoms with E-state index in [0.29, 0.717) is 12.6 Å². The van der Waals surface area contributed by atoms with Crippen LogP contribution in [-0.4, -0.2) is 55.3 Å². The molecule has 4 rings (SSSR count). The third-order valence-corrected chi connectivity index (χ3v) is 5.92. The lowest BCUT2D eigenvalue weighted by Crippen LogP contribution is -2.45. The van der Waals surface area contributed by atoms with Crippen LogP contribution in [0.25, 0.3) is 10.6 Å². The Morgan fingerprint density at radius 1 is 1.30 bits per heavy atom. The fourth-order valence-electron chi connectivity index (χ4n) is 3.38. The van der Waals surface area contributed by atoms with Crippen molar-refractivity contribution in [3.63, 3.8) is 0 Å². The third kappa shape index (κ3) is 4.40. The van der Waals surface area contributed by atoms with Crippen LogP contribution in [0.4, 0.5) is 0 Å². The number of hydrogen-bond acceptors (Lipinski definition) is 7. The second kappa shape index (κ2) is 8.24. The molecule has 0 bridgehead atoms. The number of rotatable bonds is 6. The summed E-state index contributed by atoms with van der Waals surface area (Å²) in [6.07, 6.45) is 2.10. The van der Waals surface area contributed by atoms with Crippen molar-refractivity contribution in [3.8, 4) is 22.1 Å². The second-order valence-electron chi connectivity index (χ2n) is 6.82. The van der Waals surface area contributed by atoms with Crippen LogP contribution in [0, 0.1) is 0 Å². The quantitative estimate of drug-likeness (QED) is 0.787. The summed E-state index contributed by atoms with van der Waals surface area (Å²) >= 11 is 1.64. The molecular formula is C19H24N4O3S. The van der Waals surface area contributed by atoms with Gasteiger partial charge in [-0.05, 0) is 31.0 Å². The molecule has 1 fully saturated rings. The molecule has 2 aliphatic heterocycles. The van der Waals surface area contributed by atoms with Crippen LogP contribution in [0.3, 0.4) is 0 Å². The molecule has 1 amide bonds. The average molecular weight is 388 g/mol. The fraction of sp³-hybridized carbons (Fsp3) is 0.474. The van der Waals surface area contributed by atoms with Crippen LogP contribution in [-0.2, 0) is 11.3 Å². The van der Waals surface area contributed by atoms with E-state index in [1.165, 1.54) is 0 Å². The summed E-state index contributed by atoms with van der Waals surface area (Å²) in [6, 6.07) is 6.41. The van der Waals surface area contributed by atoms with Gasteiger partial charge in [-0.1, -0.05) is 0 Å². The van der Waals surface area contributed by atoms with Gasteiger partial charge in [-0.3, -0.25) is 9.69 Å². The van der Waals surface area contributed by atoms with Crippen molar-refractivity contribution in [1.82, 2.24) is 20.5 Å². The van der Waals surface area contributed by atoms with Gasteiger partial charge in [-0.25, -0.2) is 4.98 Å². The van der Waals surface area contributed by atoms with Crippen molar-refractivity contribution in [2.45, 2.75) is 25.4 Å². The Hall–Kier alpha value is -2.16. The molecule has 1 saturated heterocycles. The van der Waals surface area contributed by atoms with E-state index in [-0.39, 0.29) is 12.7 Å². The average Bonchev–Trinajstić information content (AvgIpc) is 3.36. The highest BCUT2D eigenvalue weighted by Crippen LogP contribution is 2.36. The lowest BCUT2D eigenvalue weighted by molar-refractivity contribution is -0.122. The number of carbonyl (C=O) groups excluding carboxylic acids is 1. The first-order valence-corrected chi connectivity index (χ1v) is 10.1. The molecule has 2 aromatic rings. The van der Waals surface area contributed by atoms with Crippen molar-refractivity contribution in [2.75, 3.05) is 33.5 Å². The van der Waals surface area contributed by atoms with Gasteiger partial charge in [0.15, 0.2) is 11.5 Å². The predicted octanol–water partition coefficient (Wildman–Crippen LogP) is 1.84. The van der Waals surface area contributed by atoms with Gasteiger partial charge in [0, 0.05) is 43.7 Å². The highest BCUT2D eigenvalue weighted by atomic mass is 32.1. The maximum Gasteiger partial charge on any atom is 0.233 e. The van der Waals surface area contributed by atoms with E-state index in [0.717, 1.165) is 60.2 Å². The molecule has 2 N–H and O–H groups in total. The summed E-state index contributed by atoms with van der Waals surface area (Å²) in [5.41, 5.74) is 2.11. The molecule has 1 aromatic heterocycles. The number of likely N-dealkylation sites (tertiary alicyclic amines) is 1. The van der Waals surface area contributed by atoms with Crippen LogP contribution in [0.5, 0.6) is 11.5 Å². The smallest absolute Gasteiger partial charge is 0.233 e. The molecule has 3 heterocycles. The van der Waals surface area contributed by atoms with Gasteiger partial charge in [-0.2, -0.15) is 0 Å². The summed E-state index contributed by atoms with van der Waals surface area (Å²) in [5.74, 6) is 1.66. The van der Waals surface area contributed by atoms with Crippen LogP contribution >= 0.6 is 11.3 Å². The predicted molar refractivity (Wildman–Crippen MR) is 104 cm³/mol.